The van der Waals surface area contributed by atoms with E-state index in [4.69, 9.17) is 4.52 Å². The predicted molar refractivity (Wildman–Crippen MR) is 118 cm³/mol. The summed E-state index contributed by atoms with van der Waals surface area (Å²) in [5.74, 6) is 1.46. The first-order valence-electron chi connectivity index (χ1n) is 11.9. The number of sulfonamides is 1. The number of amides is 1. The Labute approximate surface area is 185 Å². The van der Waals surface area contributed by atoms with Crippen LogP contribution in [0.25, 0.3) is 0 Å². The van der Waals surface area contributed by atoms with Gasteiger partial charge in [-0.05, 0) is 63.5 Å². The lowest BCUT2D eigenvalue weighted by atomic mass is 9.86. The van der Waals surface area contributed by atoms with E-state index >= 15 is 0 Å². The van der Waals surface area contributed by atoms with E-state index in [2.05, 4.69) is 22.7 Å². The molecule has 8 nitrogen and oxygen atoms in total. The fourth-order valence-electron chi connectivity index (χ4n) is 5.07. The van der Waals surface area contributed by atoms with Crippen molar-refractivity contribution in [1.29, 1.82) is 0 Å². The zero-order valence-electron chi connectivity index (χ0n) is 18.7. The molecule has 0 aromatic carbocycles. The molecule has 1 aliphatic carbocycles. The third-order valence-corrected chi connectivity index (χ3v) is 9.23. The first-order chi connectivity index (χ1) is 14.9. The van der Waals surface area contributed by atoms with Crippen LogP contribution in [0.15, 0.2) is 10.6 Å². The molecule has 174 valence electrons. The smallest absolute Gasteiger partial charge is 0.273 e. The number of carbonyl (C=O) groups excluding carboxylic acids is 1. The van der Waals surface area contributed by atoms with Gasteiger partial charge < -0.3 is 15.2 Å². The minimum Gasteiger partial charge on any atom is -0.360 e. The standard InChI is InChI=1S/C22H36N4O4S/c1-3-16-13-26(31(28,29)14-15-6-5-9-23-12-15)18(4-2)10-19(16)24-22(27)20-11-21(30-25-20)17-7-8-17/h11,15-19,23H,3-10,12-14H2,1-2H3,(H,24,27). The van der Waals surface area contributed by atoms with Crippen LogP contribution in [-0.2, 0) is 10.0 Å². The second-order valence-electron chi connectivity index (χ2n) is 9.50. The van der Waals surface area contributed by atoms with Crippen molar-refractivity contribution in [2.24, 2.45) is 11.8 Å². The molecule has 0 bridgehead atoms. The van der Waals surface area contributed by atoms with Crippen LogP contribution < -0.4 is 10.6 Å². The van der Waals surface area contributed by atoms with Gasteiger partial charge in [0.15, 0.2) is 5.69 Å². The van der Waals surface area contributed by atoms with E-state index in [1.54, 1.807) is 10.4 Å². The molecule has 3 heterocycles. The summed E-state index contributed by atoms with van der Waals surface area (Å²) >= 11 is 0. The van der Waals surface area contributed by atoms with Crippen LogP contribution in [0.2, 0.25) is 0 Å². The molecule has 4 atom stereocenters. The van der Waals surface area contributed by atoms with Gasteiger partial charge in [0.25, 0.3) is 5.91 Å². The molecule has 2 aliphatic heterocycles. The maximum absolute atomic E-state index is 13.3. The number of aromatic nitrogens is 1. The van der Waals surface area contributed by atoms with Crippen molar-refractivity contribution >= 4 is 15.9 Å². The van der Waals surface area contributed by atoms with Crippen LogP contribution >= 0.6 is 0 Å². The SMILES string of the molecule is CCC1CN(S(=O)(=O)CC2CCCNC2)C(CC)CC1NC(=O)c1cc(C2CC2)on1. The van der Waals surface area contributed by atoms with Crippen LogP contribution in [0, 0.1) is 11.8 Å². The Bertz CT molecular complexity index is 861. The molecule has 1 saturated carbocycles. The summed E-state index contributed by atoms with van der Waals surface area (Å²) < 4.78 is 33.7. The Kier molecular flexibility index (Phi) is 7.03. The van der Waals surface area contributed by atoms with Crippen molar-refractivity contribution in [2.75, 3.05) is 25.4 Å². The van der Waals surface area contributed by atoms with Gasteiger partial charge >= 0.3 is 0 Å². The number of nitrogens with one attached hydrogen (secondary N) is 2. The normalized spacial score (nSPS) is 30.3. The quantitative estimate of drug-likeness (QED) is 0.628. The minimum atomic E-state index is -3.34. The molecule has 0 radical (unpaired) electrons. The van der Waals surface area contributed by atoms with Gasteiger partial charge in [0.2, 0.25) is 10.0 Å². The van der Waals surface area contributed by atoms with Crippen LogP contribution in [0.3, 0.4) is 0 Å². The average Bonchev–Trinajstić information content (AvgIpc) is 3.49. The van der Waals surface area contributed by atoms with Gasteiger partial charge in [0, 0.05) is 30.6 Å². The van der Waals surface area contributed by atoms with E-state index in [9.17, 15) is 13.2 Å². The van der Waals surface area contributed by atoms with Gasteiger partial charge in [-0.25, -0.2) is 8.42 Å². The Morgan fingerprint density at radius 3 is 2.74 bits per heavy atom. The number of hydrogen-bond acceptors (Lipinski definition) is 6. The molecule has 9 heteroatoms. The topological polar surface area (TPSA) is 105 Å². The van der Waals surface area contributed by atoms with Crippen molar-refractivity contribution in [3.63, 3.8) is 0 Å². The first-order valence-corrected chi connectivity index (χ1v) is 13.5. The molecule has 0 spiro atoms. The van der Waals surface area contributed by atoms with Crippen molar-refractivity contribution in [2.45, 2.75) is 76.8 Å². The highest BCUT2D eigenvalue weighted by Crippen LogP contribution is 2.40. The molecule has 2 saturated heterocycles. The Morgan fingerprint density at radius 1 is 1.29 bits per heavy atom. The molecule has 4 rings (SSSR count). The van der Waals surface area contributed by atoms with E-state index in [0.717, 1.165) is 57.4 Å². The third kappa shape index (κ3) is 5.31. The van der Waals surface area contributed by atoms with Crippen molar-refractivity contribution in [3.8, 4) is 0 Å². The largest absolute Gasteiger partial charge is 0.360 e. The van der Waals surface area contributed by atoms with Gasteiger partial charge in [-0.2, -0.15) is 4.31 Å². The fraction of sp³-hybridized carbons (Fsp3) is 0.818. The number of rotatable bonds is 8. The van der Waals surface area contributed by atoms with Gasteiger partial charge in [-0.15, -0.1) is 0 Å². The van der Waals surface area contributed by atoms with Crippen LogP contribution in [0.5, 0.6) is 0 Å². The maximum Gasteiger partial charge on any atom is 0.273 e. The molecule has 1 amide bonds. The highest BCUT2D eigenvalue weighted by Gasteiger charge is 2.41. The van der Waals surface area contributed by atoms with Crippen LogP contribution in [0.1, 0.15) is 81.0 Å². The lowest BCUT2D eigenvalue weighted by Gasteiger charge is -2.43. The van der Waals surface area contributed by atoms with Gasteiger partial charge in [-0.3, -0.25) is 4.79 Å². The number of carbonyl (C=O) groups is 1. The van der Waals surface area contributed by atoms with Gasteiger partial charge in [0.1, 0.15) is 5.76 Å². The monoisotopic (exact) mass is 452 g/mol. The number of hydrogen-bond donors (Lipinski definition) is 2. The molecule has 3 aliphatic rings. The summed E-state index contributed by atoms with van der Waals surface area (Å²) in [5, 5.41) is 10.4. The van der Waals surface area contributed by atoms with Crippen LogP contribution in [0.4, 0.5) is 0 Å². The lowest BCUT2D eigenvalue weighted by Crippen LogP contribution is -2.57. The minimum absolute atomic E-state index is 0.0636. The van der Waals surface area contributed by atoms with E-state index in [0.29, 0.717) is 24.6 Å². The molecular weight excluding hydrogens is 416 g/mol. The third-order valence-electron chi connectivity index (χ3n) is 7.17. The van der Waals surface area contributed by atoms with Gasteiger partial charge in [-0.1, -0.05) is 25.4 Å². The maximum atomic E-state index is 13.3. The first kappa shape index (κ1) is 22.7. The zero-order chi connectivity index (χ0) is 22.0. The Hall–Kier alpha value is -1.45. The van der Waals surface area contributed by atoms with E-state index < -0.39 is 10.0 Å². The van der Waals surface area contributed by atoms with Crippen molar-refractivity contribution in [1.82, 2.24) is 20.1 Å². The molecule has 4 unspecified atom stereocenters. The highest BCUT2D eigenvalue weighted by atomic mass is 32.2. The van der Waals surface area contributed by atoms with Crippen LogP contribution in [-0.4, -0.2) is 61.3 Å². The molecule has 3 fully saturated rings. The van der Waals surface area contributed by atoms with E-state index in [1.807, 2.05) is 6.92 Å². The average molecular weight is 453 g/mol. The van der Waals surface area contributed by atoms with E-state index in [1.165, 1.54) is 0 Å². The summed E-state index contributed by atoms with van der Waals surface area (Å²) in [6.07, 6.45) is 6.37. The zero-order valence-corrected chi connectivity index (χ0v) is 19.5. The van der Waals surface area contributed by atoms with Crippen molar-refractivity contribution < 1.29 is 17.7 Å². The summed E-state index contributed by atoms with van der Waals surface area (Å²) in [6, 6.07) is 1.60. The predicted octanol–water partition coefficient (Wildman–Crippen LogP) is 2.49. The fourth-order valence-corrected chi connectivity index (χ4v) is 7.25. The molecular formula is C22H36N4O4S. The summed E-state index contributed by atoms with van der Waals surface area (Å²) in [4.78, 5) is 12.8. The highest BCUT2D eigenvalue weighted by molar-refractivity contribution is 7.89. The van der Waals surface area contributed by atoms with Gasteiger partial charge in [0.05, 0.1) is 5.75 Å². The van der Waals surface area contributed by atoms with Crippen molar-refractivity contribution in [3.05, 3.63) is 17.5 Å². The lowest BCUT2D eigenvalue weighted by molar-refractivity contribution is 0.0846. The summed E-state index contributed by atoms with van der Waals surface area (Å²) in [5.41, 5.74) is 0.324. The number of piperidine rings is 2. The molecule has 1 aromatic rings. The van der Waals surface area contributed by atoms with E-state index in [-0.39, 0.29) is 35.6 Å². The second-order valence-corrected chi connectivity index (χ2v) is 11.5. The molecule has 2 N–H and O–H groups in total. The molecule has 31 heavy (non-hydrogen) atoms. The summed E-state index contributed by atoms with van der Waals surface area (Å²) in [6.45, 7) is 6.31. The number of nitrogens with zero attached hydrogens (tertiary/aromatic N) is 2. The second kappa shape index (κ2) is 9.58. The Morgan fingerprint density at radius 2 is 2.10 bits per heavy atom. The molecule has 1 aromatic heterocycles. The summed E-state index contributed by atoms with van der Waals surface area (Å²) in [7, 11) is -3.34. The Balaban J connectivity index is 1.42.